The summed E-state index contributed by atoms with van der Waals surface area (Å²) in [7, 11) is -3.51. The number of carbonyl (C=O) groups excluding carboxylic acids is 1. The number of piperazine rings is 1. The van der Waals surface area contributed by atoms with E-state index in [9.17, 15) is 13.2 Å². The van der Waals surface area contributed by atoms with E-state index in [-0.39, 0.29) is 12.5 Å². The first-order valence-corrected chi connectivity index (χ1v) is 11.5. The molecule has 0 aliphatic carbocycles. The van der Waals surface area contributed by atoms with Gasteiger partial charge in [-0.2, -0.15) is 0 Å². The maximum absolute atomic E-state index is 13.1. The van der Waals surface area contributed by atoms with E-state index in [4.69, 9.17) is 4.74 Å². The Morgan fingerprint density at radius 1 is 1.00 bits per heavy atom. The first kappa shape index (κ1) is 19.7. The molecule has 1 fully saturated rings. The van der Waals surface area contributed by atoms with Crippen molar-refractivity contribution >= 4 is 21.6 Å². The van der Waals surface area contributed by atoms with E-state index >= 15 is 0 Å². The van der Waals surface area contributed by atoms with Gasteiger partial charge in [0.15, 0.2) is 6.10 Å². The second kappa shape index (κ2) is 8.04. The van der Waals surface area contributed by atoms with E-state index in [0.29, 0.717) is 24.5 Å². The summed E-state index contributed by atoms with van der Waals surface area (Å²) in [5, 5.41) is 0. The molecule has 0 aromatic heterocycles. The zero-order valence-corrected chi connectivity index (χ0v) is 17.2. The lowest BCUT2D eigenvalue weighted by Crippen LogP contribution is -2.56. The number of fused-ring (bicyclic) bond motifs is 1. The minimum atomic E-state index is -3.51. The topological polar surface area (TPSA) is 70.2 Å². The Morgan fingerprint density at radius 2 is 1.66 bits per heavy atom. The number of rotatable bonds is 4. The van der Waals surface area contributed by atoms with E-state index in [2.05, 4.69) is 17.0 Å². The molecule has 0 N–H and O–H groups in total. The Kier molecular flexibility index (Phi) is 5.47. The molecular formula is C21H25N3O4S. The van der Waals surface area contributed by atoms with Gasteiger partial charge in [0.1, 0.15) is 5.75 Å². The van der Waals surface area contributed by atoms with Gasteiger partial charge < -0.3 is 9.64 Å². The number of ether oxygens (including phenoxy) is 1. The third kappa shape index (κ3) is 4.38. The van der Waals surface area contributed by atoms with Crippen LogP contribution in [-0.2, 0) is 21.4 Å². The van der Waals surface area contributed by atoms with Crippen molar-refractivity contribution in [3.05, 3.63) is 60.2 Å². The van der Waals surface area contributed by atoms with Gasteiger partial charge in [0.25, 0.3) is 5.91 Å². The number of nitrogens with zero attached hydrogens (tertiary/aromatic N) is 3. The fraction of sp³-hybridized carbons (Fsp3) is 0.381. The van der Waals surface area contributed by atoms with Crippen LogP contribution in [-0.4, -0.2) is 69.2 Å². The summed E-state index contributed by atoms with van der Waals surface area (Å²) in [4.78, 5) is 17.2. The fourth-order valence-corrected chi connectivity index (χ4v) is 4.73. The maximum Gasteiger partial charge on any atom is 0.265 e. The Hall–Kier alpha value is -2.58. The molecule has 1 saturated heterocycles. The molecule has 2 aliphatic heterocycles. The van der Waals surface area contributed by atoms with Gasteiger partial charge in [-0.25, -0.2) is 8.42 Å². The van der Waals surface area contributed by atoms with E-state index < -0.39 is 16.1 Å². The highest BCUT2D eigenvalue weighted by Gasteiger charge is 2.37. The number of anilines is 1. The minimum absolute atomic E-state index is 0.00108. The van der Waals surface area contributed by atoms with Crippen LogP contribution < -0.4 is 9.04 Å². The third-order valence-electron chi connectivity index (χ3n) is 5.34. The van der Waals surface area contributed by atoms with Crippen LogP contribution in [0.25, 0.3) is 0 Å². The largest absolute Gasteiger partial charge is 0.476 e. The molecule has 4 rings (SSSR count). The Morgan fingerprint density at radius 3 is 2.34 bits per heavy atom. The van der Waals surface area contributed by atoms with E-state index in [1.807, 2.05) is 18.2 Å². The molecule has 29 heavy (non-hydrogen) atoms. The van der Waals surface area contributed by atoms with Crippen LogP contribution in [0.3, 0.4) is 0 Å². The van der Waals surface area contributed by atoms with Crippen molar-refractivity contribution in [2.24, 2.45) is 0 Å². The van der Waals surface area contributed by atoms with Crippen LogP contribution in [0.2, 0.25) is 0 Å². The molecule has 2 heterocycles. The molecule has 2 aliphatic rings. The number of amides is 1. The Bertz CT molecular complexity index is 972. The van der Waals surface area contributed by atoms with Crippen molar-refractivity contribution in [3.63, 3.8) is 0 Å². The van der Waals surface area contributed by atoms with Crippen molar-refractivity contribution in [1.82, 2.24) is 9.80 Å². The third-order valence-corrected chi connectivity index (χ3v) is 6.49. The van der Waals surface area contributed by atoms with Gasteiger partial charge in [-0.3, -0.25) is 14.0 Å². The summed E-state index contributed by atoms with van der Waals surface area (Å²) in [5.41, 5.74) is 1.73. The molecule has 154 valence electrons. The van der Waals surface area contributed by atoms with Crippen LogP contribution in [0.15, 0.2) is 54.6 Å². The van der Waals surface area contributed by atoms with Crippen LogP contribution in [0.5, 0.6) is 5.75 Å². The van der Waals surface area contributed by atoms with Crippen molar-refractivity contribution in [2.75, 3.05) is 43.3 Å². The predicted octanol–water partition coefficient (Wildman–Crippen LogP) is 1.56. The lowest BCUT2D eigenvalue weighted by atomic mass is 10.1. The summed E-state index contributed by atoms with van der Waals surface area (Å²) < 4.78 is 31.6. The van der Waals surface area contributed by atoms with Crippen LogP contribution in [0.4, 0.5) is 5.69 Å². The molecule has 7 nitrogen and oxygen atoms in total. The average molecular weight is 416 g/mol. The highest BCUT2D eigenvalue weighted by molar-refractivity contribution is 7.92. The highest BCUT2D eigenvalue weighted by Crippen LogP contribution is 2.35. The SMILES string of the molecule is CS(=O)(=O)N1C[C@@H](C(=O)N2CCN(Cc3ccccc3)CC2)Oc2ccccc21. The highest BCUT2D eigenvalue weighted by atomic mass is 32.2. The quantitative estimate of drug-likeness (QED) is 0.758. The summed E-state index contributed by atoms with van der Waals surface area (Å²) in [5.74, 6) is 0.262. The summed E-state index contributed by atoms with van der Waals surface area (Å²) in [6, 6.07) is 17.2. The van der Waals surface area contributed by atoms with Gasteiger partial charge >= 0.3 is 0 Å². The predicted molar refractivity (Wildman–Crippen MR) is 111 cm³/mol. The Balaban J connectivity index is 1.41. The normalized spacial score (nSPS) is 20.1. The van der Waals surface area contributed by atoms with E-state index in [1.165, 1.54) is 9.87 Å². The van der Waals surface area contributed by atoms with Crippen molar-refractivity contribution in [1.29, 1.82) is 0 Å². The molecule has 2 aromatic carbocycles. The van der Waals surface area contributed by atoms with Gasteiger partial charge in [-0.1, -0.05) is 42.5 Å². The minimum Gasteiger partial charge on any atom is -0.476 e. The summed E-state index contributed by atoms with van der Waals surface area (Å²) in [6.07, 6.45) is 0.319. The second-order valence-corrected chi connectivity index (χ2v) is 9.36. The van der Waals surface area contributed by atoms with Gasteiger partial charge in [0, 0.05) is 32.7 Å². The first-order valence-electron chi connectivity index (χ1n) is 9.70. The number of hydrogen-bond acceptors (Lipinski definition) is 5. The van der Waals surface area contributed by atoms with Gasteiger partial charge in [0.05, 0.1) is 18.5 Å². The first-order chi connectivity index (χ1) is 13.9. The van der Waals surface area contributed by atoms with Crippen LogP contribution >= 0.6 is 0 Å². The number of carbonyl (C=O) groups is 1. The average Bonchev–Trinajstić information content (AvgIpc) is 2.73. The molecule has 0 saturated carbocycles. The fourth-order valence-electron chi connectivity index (χ4n) is 3.82. The zero-order valence-electron chi connectivity index (χ0n) is 16.4. The second-order valence-electron chi connectivity index (χ2n) is 7.46. The molecule has 0 unspecified atom stereocenters. The number of hydrogen-bond donors (Lipinski definition) is 0. The lowest BCUT2D eigenvalue weighted by Gasteiger charge is -2.39. The number of para-hydroxylation sites is 2. The standard InChI is InChI=1S/C21H25N3O4S/c1-29(26,27)24-16-20(28-19-10-6-5-9-18(19)24)21(25)23-13-11-22(12-14-23)15-17-7-3-2-4-8-17/h2-10,20H,11-16H2,1H3/t20-/m0/s1. The van der Waals surface area contributed by atoms with Crippen molar-refractivity contribution < 1.29 is 17.9 Å². The van der Waals surface area contributed by atoms with Crippen molar-refractivity contribution in [2.45, 2.75) is 12.6 Å². The zero-order chi connectivity index (χ0) is 20.4. The summed E-state index contributed by atoms with van der Waals surface area (Å²) >= 11 is 0. The monoisotopic (exact) mass is 415 g/mol. The van der Waals surface area contributed by atoms with Gasteiger partial charge in [-0.15, -0.1) is 0 Å². The molecule has 0 spiro atoms. The van der Waals surface area contributed by atoms with E-state index in [0.717, 1.165) is 25.9 Å². The molecule has 0 radical (unpaired) electrons. The molecule has 0 bridgehead atoms. The van der Waals surface area contributed by atoms with Crippen LogP contribution in [0.1, 0.15) is 5.56 Å². The maximum atomic E-state index is 13.1. The number of sulfonamides is 1. The van der Waals surface area contributed by atoms with Gasteiger partial charge in [-0.05, 0) is 17.7 Å². The lowest BCUT2D eigenvalue weighted by molar-refractivity contribution is -0.140. The molecular weight excluding hydrogens is 390 g/mol. The molecule has 1 atom stereocenters. The van der Waals surface area contributed by atoms with E-state index in [1.54, 1.807) is 29.2 Å². The summed E-state index contributed by atoms with van der Waals surface area (Å²) in [6.45, 7) is 3.62. The number of benzene rings is 2. The Labute approximate surface area is 171 Å². The van der Waals surface area contributed by atoms with Crippen molar-refractivity contribution in [3.8, 4) is 5.75 Å². The van der Waals surface area contributed by atoms with Crippen LogP contribution in [0, 0.1) is 0 Å². The molecule has 1 amide bonds. The smallest absolute Gasteiger partial charge is 0.265 e. The molecule has 2 aromatic rings. The molecule has 8 heteroatoms. The van der Waals surface area contributed by atoms with Gasteiger partial charge in [0.2, 0.25) is 10.0 Å².